The summed E-state index contributed by atoms with van der Waals surface area (Å²) in [5.41, 5.74) is 9.08. The number of ketones is 1. The van der Waals surface area contributed by atoms with Gasteiger partial charge in [-0.25, -0.2) is 4.79 Å². The fourth-order valence-electron chi connectivity index (χ4n) is 6.52. The van der Waals surface area contributed by atoms with Gasteiger partial charge < -0.3 is 10.5 Å². The monoisotopic (exact) mass is 590 g/mol. The number of nitrogens with zero attached hydrogens (tertiary/aromatic N) is 1. The Bertz CT molecular complexity index is 1530. The molecule has 1 saturated heterocycles. The van der Waals surface area contributed by atoms with Gasteiger partial charge in [-0.3, -0.25) is 24.1 Å². The van der Waals surface area contributed by atoms with Gasteiger partial charge in [0.15, 0.2) is 12.4 Å². The Balaban J connectivity index is 1.38. The average Bonchev–Trinajstić information content (AvgIpc) is 3.24. The van der Waals surface area contributed by atoms with Crippen LogP contribution in [-0.4, -0.2) is 47.0 Å². The fraction of sp³-hybridized carbons (Fsp3) is 0.258. The Hall–Kier alpha value is -4.01. The van der Waals surface area contributed by atoms with Gasteiger partial charge in [0.25, 0.3) is 0 Å². The molecule has 8 nitrogen and oxygen atoms in total. The number of amides is 3. The lowest BCUT2D eigenvalue weighted by Gasteiger charge is -2.54. The average molecular weight is 591 g/mol. The quantitative estimate of drug-likeness (QED) is 0.194. The van der Waals surface area contributed by atoms with Gasteiger partial charge in [-0.15, -0.1) is 23.2 Å². The lowest BCUT2D eigenvalue weighted by atomic mass is 9.54. The number of hydrogen-bond acceptors (Lipinski definition) is 6. The second-order valence-corrected chi connectivity index (χ2v) is 11.8. The van der Waals surface area contributed by atoms with Crippen molar-refractivity contribution in [2.24, 2.45) is 17.6 Å². The predicted molar refractivity (Wildman–Crippen MR) is 149 cm³/mol. The van der Waals surface area contributed by atoms with E-state index in [1.165, 1.54) is 0 Å². The van der Waals surface area contributed by atoms with Gasteiger partial charge in [-0.05, 0) is 29.2 Å². The summed E-state index contributed by atoms with van der Waals surface area (Å²) in [7, 11) is 0. The van der Waals surface area contributed by atoms with Crippen molar-refractivity contribution in [3.05, 3.63) is 106 Å². The van der Waals surface area contributed by atoms with E-state index in [4.69, 9.17) is 33.7 Å². The van der Waals surface area contributed by atoms with Gasteiger partial charge in [0.1, 0.15) is 15.8 Å². The second kappa shape index (κ2) is 9.53. The number of halogens is 2. The van der Waals surface area contributed by atoms with E-state index in [1.807, 2.05) is 6.92 Å². The van der Waals surface area contributed by atoms with Crippen molar-refractivity contribution in [2.75, 3.05) is 6.61 Å². The number of carbonyl (C=O) groups is 5. The maximum atomic E-state index is 14.2. The maximum Gasteiger partial charge on any atom is 0.330 e. The molecule has 0 radical (unpaired) electrons. The van der Waals surface area contributed by atoms with Crippen LogP contribution in [0.4, 0.5) is 0 Å². The first-order valence-corrected chi connectivity index (χ1v) is 13.8. The Morgan fingerprint density at radius 3 is 1.68 bits per heavy atom. The van der Waals surface area contributed by atoms with E-state index >= 15 is 0 Å². The Morgan fingerprint density at radius 1 is 0.829 bits per heavy atom. The first-order valence-electron chi connectivity index (χ1n) is 13.0. The van der Waals surface area contributed by atoms with Crippen LogP contribution in [0.5, 0.6) is 0 Å². The van der Waals surface area contributed by atoms with Crippen molar-refractivity contribution in [1.82, 2.24) is 4.90 Å². The van der Waals surface area contributed by atoms with Crippen LogP contribution in [0.15, 0.2) is 72.8 Å². The minimum atomic E-state index is -1.70. The highest BCUT2D eigenvalue weighted by molar-refractivity contribution is 6.36. The normalized spacial score (nSPS) is 26.2. The number of hydrogen-bond donors (Lipinski definition) is 1. The summed E-state index contributed by atoms with van der Waals surface area (Å²) >= 11 is 14.8. The fourth-order valence-corrected chi connectivity index (χ4v) is 7.62. The minimum absolute atomic E-state index is 0.314. The van der Waals surface area contributed by atoms with E-state index in [-0.39, 0.29) is 0 Å². The van der Waals surface area contributed by atoms with Gasteiger partial charge in [0.05, 0.1) is 18.3 Å². The molecule has 1 fully saturated rings. The van der Waals surface area contributed by atoms with E-state index in [0.29, 0.717) is 32.7 Å². The molecule has 3 aromatic rings. The molecule has 1 aliphatic heterocycles. The number of alkyl halides is 2. The molecule has 3 atom stereocenters. The highest BCUT2D eigenvalue weighted by atomic mass is 35.5. The SMILES string of the molecule is Cc1ccc(C(=O)COC(=O)[C@@H](CC(N)=O)N2C(=O)[C@@H]3[C@@H](C2=O)C2(Cl)c4ccccc4C3(Cl)c3ccccc32)cc1. The standard InChI is InChI=1S/C31H24Cl2N2O6/c1-16-10-12-17(13-11-16)23(36)15-41-29(40)22(14-24(34)37)35-27(38)25-26(28(35)39)31(33)19-7-3-2-6-18(19)30(25,32)20-8-4-5-9-21(20)31/h2-13,22,25-26H,14-15H2,1H3,(H2,34,37)/t22-,25+,26+,30?,31?/m1/s1. The summed E-state index contributed by atoms with van der Waals surface area (Å²) < 4.78 is 5.25. The molecule has 2 N–H and O–H groups in total. The van der Waals surface area contributed by atoms with Crippen molar-refractivity contribution >= 4 is 52.7 Å². The van der Waals surface area contributed by atoms with Crippen LogP contribution >= 0.6 is 23.2 Å². The highest BCUT2D eigenvalue weighted by Gasteiger charge is 2.73. The molecule has 0 saturated carbocycles. The lowest BCUT2D eigenvalue weighted by molar-refractivity contribution is -0.159. The van der Waals surface area contributed by atoms with Crippen LogP contribution in [0, 0.1) is 18.8 Å². The summed E-state index contributed by atoms with van der Waals surface area (Å²) in [6.07, 6.45) is -0.695. The summed E-state index contributed by atoms with van der Waals surface area (Å²) in [6.45, 7) is 1.21. The molecule has 10 heteroatoms. The van der Waals surface area contributed by atoms with Crippen LogP contribution in [0.25, 0.3) is 0 Å². The molecular formula is C31H24Cl2N2O6. The van der Waals surface area contributed by atoms with Crippen molar-refractivity contribution in [1.29, 1.82) is 0 Å². The molecule has 3 aliphatic carbocycles. The van der Waals surface area contributed by atoms with Gasteiger partial charge in [-0.1, -0.05) is 78.4 Å². The van der Waals surface area contributed by atoms with E-state index < -0.39 is 70.1 Å². The first kappa shape index (κ1) is 27.2. The van der Waals surface area contributed by atoms with Crippen LogP contribution < -0.4 is 5.73 Å². The van der Waals surface area contributed by atoms with Crippen molar-refractivity contribution in [3.8, 4) is 0 Å². The van der Waals surface area contributed by atoms with Crippen LogP contribution in [0.2, 0.25) is 0 Å². The predicted octanol–water partition coefficient (Wildman–Crippen LogP) is 3.56. The molecule has 2 bridgehead atoms. The van der Waals surface area contributed by atoms with Crippen LogP contribution in [0.1, 0.15) is 44.6 Å². The molecular weight excluding hydrogens is 567 g/mol. The number of carbonyl (C=O) groups excluding carboxylic acids is 5. The zero-order valence-corrected chi connectivity index (χ0v) is 23.3. The maximum absolute atomic E-state index is 14.2. The van der Waals surface area contributed by atoms with E-state index in [2.05, 4.69) is 0 Å². The number of esters is 1. The third-order valence-electron chi connectivity index (χ3n) is 8.32. The molecule has 7 rings (SSSR count). The van der Waals surface area contributed by atoms with E-state index in [0.717, 1.165) is 5.56 Å². The molecule has 3 aromatic carbocycles. The zero-order chi connectivity index (χ0) is 29.3. The van der Waals surface area contributed by atoms with Crippen molar-refractivity contribution in [3.63, 3.8) is 0 Å². The molecule has 41 heavy (non-hydrogen) atoms. The largest absolute Gasteiger partial charge is 0.456 e. The summed E-state index contributed by atoms with van der Waals surface area (Å²) in [6, 6.07) is 19.2. The number of rotatable bonds is 7. The highest BCUT2D eigenvalue weighted by Crippen LogP contribution is 2.69. The van der Waals surface area contributed by atoms with Crippen LogP contribution in [0.3, 0.4) is 0 Å². The topological polar surface area (TPSA) is 124 Å². The van der Waals surface area contributed by atoms with E-state index in [1.54, 1.807) is 72.8 Å². The number of nitrogens with two attached hydrogens (primary N) is 1. The summed E-state index contributed by atoms with van der Waals surface area (Å²) in [5, 5.41) is 0. The van der Waals surface area contributed by atoms with Gasteiger partial charge in [0.2, 0.25) is 17.7 Å². The Morgan fingerprint density at radius 2 is 1.27 bits per heavy atom. The molecule has 0 unspecified atom stereocenters. The van der Waals surface area contributed by atoms with Gasteiger partial charge >= 0.3 is 5.97 Å². The molecule has 0 spiro atoms. The second-order valence-electron chi connectivity index (χ2n) is 10.6. The number of benzene rings is 3. The van der Waals surface area contributed by atoms with Gasteiger partial charge in [-0.2, -0.15) is 0 Å². The minimum Gasteiger partial charge on any atom is -0.456 e. The Kier molecular flexibility index (Phi) is 6.32. The van der Waals surface area contributed by atoms with Crippen molar-refractivity contribution < 1.29 is 28.7 Å². The third kappa shape index (κ3) is 3.77. The summed E-state index contributed by atoms with van der Waals surface area (Å²) in [4.78, 5) is 64.1. The van der Waals surface area contributed by atoms with Crippen LogP contribution in [-0.2, 0) is 33.7 Å². The molecule has 4 aliphatic rings. The lowest BCUT2D eigenvalue weighted by Crippen LogP contribution is -2.57. The molecule has 208 valence electrons. The zero-order valence-electron chi connectivity index (χ0n) is 21.8. The first-order chi connectivity index (χ1) is 19.5. The smallest absolute Gasteiger partial charge is 0.330 e. The molecule has 1 heterocycles. The molecule has 3 amide bonds. The number of imide groups is 1. The Labute approximate surface area is 245 Å². The van der Waals surface area contributed by atoms with E-state index in [9.17, 15) is 24.0 Å². The van der Waals surface area contributed by atoms with Gasteiger partial charge in [0, 0.05) is 5.56 Å². The number of likely N-dealkylation sites (tertiary alicyclic amines) is 1. The van der Waals surface area contributed by atoms with Crippen molar-refractivity contribution in [2.45, 2.75) is 29.1 Å². The summed E-state index contributed by atoms with van der Waals surface area (Å²) in [5.74, 6) is -6.42. The number of primary amides is 1. The number of aryl methyl sites for hydroxylation is 1. The number of Topliss-reactive ketones (excluding diaryl/α,β-unsaturated/α-hetero) is 1. The third-order valence-corrected chi connectivity index (χ3v) is 9.60. The number of ether oxygens (including phenoxy) is 1. The molecule has 0 aromatic heterocycles.